The van der Waals surface area contributed by atoms with Gasteiger partial charge in [0.2, 0.25) is 5.89 Å². The van der Waals surface area contributed by atoms with Crippen molar-refractivity contribution in [2.24, 2.45) is 0 Å². The molecule has 0 spiro atoms. The molecular weight excluding hydrogens is 342 g/mol. The Balaban J connectivity index is 1.50. The first-order valence-corrected chi connectivity index (χ1v) is 8.04. The molecule has 1 heterocycles. The van der Waals surface area contributed by atoms with Gasteiger partial charge in [-0.3, -0.25) is 0 Å². The molecule has 0 aliphatic carbocycles. The van der Waals surface area contributed by atoms with E-state index in [4.69, 9.17) is 25.5 Å². The predicted octanol–water partition coefficient (Wildman–Crippen LogP) is 4.43. The lowest BCUT2D eigenvalue weighted by Crippen LogP contribution is -2.15. The molecule has 3 rings (SSSR count). The zero-order valence-corrected chi connectivity index (χ0v) is 14.3. The van der Waals surface area contributed by atoms with Crippen LogP contribution in [0.15, 0.2) is 59.2 Å². The molecule has 0 amide bonds. The average Bonchev–Trinajstić information content (AvgIpc) is 3.09. The maximum atomic E-state index is 11.8. The van der Waals surface area contributed by atoms with Gasteiger partial charge < -0.3 is 13.9 Å². The monoisotopic (exact) mass is 357 g/mol. The highest BCUT2D eigenvalue weighted by atomic mass is 35.5. The smallest absolute Gasteiger partial charge is 0.344 e. The maximum Gasteiger partial charge on any atom is 0.344 e. The van der Waals surface area contributed by atoms with Gasteiger partial charge in [0.05, 0.1) is 0 Å². The Labute approximate surface area is 150 Å². The largest absolute Gasteiger partial charge is 0.482 e. The summed E-state index contributed by atoms with van der Waals surface area (Å²) in [5, 5.41) is 0.618. The highest BCUT2D eigenvalue weighted by Crippen LogP contribution is 2.22. The Hall–Kier alpha value is -2.79. The van der Waals surface area contributed by atoms with Crippen LogP contribution in [0.5, 0.6) is 5.75 Å². The number of benzene rings is 2. The molecule has 0 N–H and O–H groups in total. The number of aryl methyl sites for hydroxylation is 1. The van der Waals surface area contributed by atoms with Crippen molar-refractivity contribution in [1.29, 1.82) is 0 Å². The summed E-state index contributed by atoms with van der Waals surface area (Å²) in [7, 11) is 0. The van der Waals surface area contributed by atoms with E-state index in [9.17, 15) is 4.79 Å². The van der Waals surface area contributed by atoms with Crippen LogP contribution in [0.4, 0.5) is 0 Å². The Morgan fingerprint density at radius 3 is 2.76 bits per heavy atom. The van der Waals surface area contributed by atoms with Gasteiger partial charge in [0.25, 0.3) is 0 Å². The Morgan fingerprint density at radius 2 is 2.00 bits per heavy atom. The number of oxazole rings is 1. The number of carbonyl (C=O) groups is 1. The van der Waals surface area contributed by atoms with Crippen LogP contribution >= 0.6 is 11.6 Å². The van der Waals surface area contributed by atoms with Crippen LogP contribution in [0, 0.1) is 6.92 Å². The van der Waals surface area contributed by atoms with E-state index >= 15 is 0 Å². The van der Waals surface area contributed by atoms with Crippen molar-refractivity contribution >= 4 is 17.6 Å². The van der Waals surface area contributed by atoms with Gasteiger partial charge in [-0.15, -0.1) is 0 Å². The lowest BCUT2D eigenvalue weighted by atomic mass is 10.2. The van der Waals surface area contributed by atoms with Crippen molar-refractivity contribution in [3.63, 3.8) is 0 Å². The second kappa shape index (κ2) is 7.85. The van der Waals surface area contributed by atoms with E-state index in [2.05, 4.69) is 4.98 Å². The quantitative estimate of drug-likeness (QED) is 0.611. The minimum Gasteiger partial charge on any atom is -0.482 e. The van der Waals surface area contributed by atoms with E-state index in [1.165, 1.54) is 6.26 Å². The third-order valence-corrected chi connectivity index (χ3v) is 3.67. The van der Waals surface area contributed by atoms with Crippen LogP contribution in [-0.2, 0) is 16.1 Å². The van der Waals surface area contributed by atoms with Crippen LogP contribution in [0.1, 0.15) is 11.3 Å². The molecule has 0 aliphatic rings. The summed E-state index contributed by atoms with van der Waals surface area (Å²) in [5.41, 5.74) is 2.25. The topological polar surface area (TPSA) is 61.6 Å². The summed E-state index contributed by atoms with van der Waals surface area (Å²) in [6.45, 7) is 1.69. The zero-order valence-electron chi connectivity index (χ0n) is 13.6. The van der Waals surface area contributed by atoms with Crippen LogP contribution in [0.3, 0.4) is 0 Å². The molecular formula is C19H16ClNO4. The van der Waals surface area contributed by atoms with Crippen molar-refractivity contribution in [3.05, 3.63) is 71.1 Å². The van der Waals surface area contributed by atoms with Crippen LogP contribution < -0.4 is 4.74 Å². The Kier molecular flexibility index (Phi) is 5.36. The van der Waals surface area contributed by atoms with Crippen molar-refractivity contribution < 1.29 is 18.7 Å². The van der Waals surface area contributed by atoms with Gasteiger partial charge in [-0.1, -0.05) is 29.8 Å². The van der Waals surface area contributed by atoms with Gasteiger partial charge in [0.15, 0.2) is 6.61 Å². The normalized spacial score (nSPS) is 10.5. The van der Waals surface area contributed by atoms with Crippen molar-refractivity contribution in [1.82, 2.24) is 4.98 Å². The van der Waals surface area contributed by atoms with E-state index < -0.39 is 5.97 Å². The first-order valence-electron chi connectivity index (χ1n) is 7.66. The predicted molar refractivity (Wildman–Crippen MR) is 93.4 cm³/mol. The average molecular weight is 358 g/mol. The molecule has 6 heteroatoms. The molecule has 5 nitrogen and oxygen atoms in total. The van der Waals surface area contributed by atoms with Gasteiger partial charge in [-0.25, -0.2) is 9.78 Å². The fourth-order valence-electron chi connectivity index (χ4n) is 2.19. The molecule has 0 saturated carbocycles. The number of aromatic nitrogens is 1. The van der Waals surface area contributed by atoms with Gasteiger partial charge in [-0.05, 0) is 42.8 Å². The molecule has 0 saturated heterocycles. The molecule has 1 aromatic heterocycles. The second-order valence-corrected chi connectivity index (χ2v) is 5.81. The molecule has 0 atom stereocenters. The van der Waals surface area contributed by atoms with Gasteiger partial charge in [-0.2, -0.15) is 0 Å². The summed E-state index contributed by atoms with van der Waals surface area (Å²) < 4.78 is 16.0. The maximum absolute atomic E-state index is 11.8. The summed E-state index contributed by atoms with van der Waals surface area (Å²) in [6.07, 6.45) is 1.47. The van der Waals surface area contributed by atoms with E-state index in [0.29, 0.717) is 22.4 Å². The third-order valence-electron chi connectivity index (χ3n) is 3.44. The number of halogens is 1. The van der Waals surface area contributed by atoms with Crippen LogP contribution in [0.25, 0.3) is 11.5 Å². The molecule has 2 aromatic carbocycles. The van der Waals surface area contributed by atoms with E-state index in [-0.39, 0.29) is 13.2 Å². The summed E-state index contributed by atoms with van der Waals surface area (Å²) >= 11 is 5.88. The summed E-state index contributed by atoms with van der Waals surface area (Å²) in [5.74, 6) is 0.590. The Morgan fingerprint density at radius 1 is 1.20 bits per heavy atom. The fraction of sp³-hybridized carbons (Fsp3) is 0.158. The minimum atomic E-state index is -0.487. The van der Waals surface area contributed by atoms with Crippen molar-refractivity contribution in [3.8, 4) is 17.2 Å². The van der Waals surface area contributed by atoms with Crippen molar-refractivity contribution in [2.75, 3.05) is 6.61 Å². The molecule has 0 unspecified atom stereocenters. The minimum absolute atomic E-state index is 0.0259. The lowest BCUT2D eigenvalue weighted by Gasteiger charge is -2.08. The van der Waals surface area contributed by atoms with Gasteiger partial charge >= 0.3 is 5.97 Å². The molecule has 0 bridgehead atoms. The summed E-state index contributed by atoms with van der Waals surface area (Å²) in [6, 6.07) is 14.7. The van der Waals surface area contributed by atoms with Crippen LogP contribution in [-0.4, -0.2) is 17.6 Å². The van der Waals surface area contributed by atoms with Crippen LogP contribution in [0.2, 0.25) is 5.02 Å². The molecule has 0 fully saturated rings. The van der Waals surface area contributed by atoms with Gasteiger partial charge in [0.1, 0.15) is 24.3 Å². The van der Waals surface area contributed by atoms with Gasteiger partial charge in [0, 0.05) is 10.6 Å². The number of nitrogens with zero attached hydrogens (tertiary/aromatic N) is 1. The molecule has 0 aliphatic heterocycles. The molecule has 0 radical (unpaired) electrons. The highest BCUT2D eigenvalue weighted by molar-refractivity contribution is 6.30. The first kappa shape index (κ1) is 17.0. The summed E-state index contributed by atoms with van der Waals surface area (Å²) in [4.78, 5) is 16.1. The standard InChI is InChI=1S/C19H16ClNO4/c1-13-9-15(20)7-8-17(13)23-12-18(22)24-10-16-11-25-19(21-16)14-5-3-2-4-6-14/h2-9,11H,10,12H2,1H3. The number of rotatable bonds is 6. The second-order valence-electron chi connectivity index (χ2n) is 5.37. The zero-order chi connectivity index (χ0) is 17.6. The number of carbonyl (C=O) groups excluding carboxylic acids is 1. The van der Waals surface area contributed by atoms with Crippen molar-refractivity contribution in [2.45, 2.75) is 13.5 Å². The van der Waals surface area contributed by atoms with E-state index in [0.717, 1.165) is 11.1 Å². The molecule has 3 aromatic rings. The number of hydrogen-bond acceptors (Lipinski definition) is 5. The Bertz CT molecular complexity index is 861. The SMILES string of the molecule is Cc1cc(Cl)ccc1OCC(=O)OCc1coc(-c2ccccc2)n1. The molecule has 128 valence electrons. The lowest BCUT2D eigenvalue weighted by molar-refractivity contribution is -0.147. The highest BCUT2D eigenvalue weighted by Gasteiger charge is 2.10. The fourth-order valence-corrected chi connectivity index (χ4v) is 2.42. The first-order chi connectivity index (χ1) is 12.1. The number of ether oxygens (including phenoxy) is 2. The number of hydrogen-bond donors (Lipinski definition) is 0. The van der Waals surface area contributed by atoms with E-state index in [1.54, 1.807) is 18.2 Å². The van der Waals surface area contributed by atoms with E-state index in [1.807, 2.05) is 37.3 Å². The third kappa shape index (κ3) is 4.61. The molecule has 25 heavy (non-hydrogen) atoms. The number of esters is 1.